The summed E-state index contributed by atoms with van der Waals surface area (Å²) >= 11 is 0. The molecule has 1 atom stereocenters. The molecule has 0 radical (unpaired) electrons. The quantitative estimate of drug-likeness (QED) is 0.848. The summed E-state index contributed by atoms with van der Waals surface area (Å²) < 4.78 is 2.12. The van der Waals surface area contributed by atoms with Gasteiger partial charge >= 0.3 is 0 Å². The van der Waals surface area contributed by atoms with E-state index in [1.165, 1.54) is 24.0 Å². The van der Waals surface area contributed by atoms with E-state index in [9.17, 15) is 0 Å². The monoisotopic (exact) mass is 285 g/mol. The van der Waals surface area contributed by atoms with Crippen molar-refractivity contribution in [1.29, 1.82) is 0 Å². The molecule has 4 nitrogen and oxygen atoms in total. The summed E-state index contributed by atoms with van der Waals surface area (Å²) in [5.41, 5.74) is 2.96. The van der Waals surface area contributed by atoms with E-state index in [0.717, 1.165) is 26.1 Å². The lowest BCUT2D eigenvalue weighted by Gasteiger charge is -2.29. The Bertz CT molecular complexity index is 553. The lowest BCUT2D eigenvalue weighted by Crippen LogP contribution is -2.32. The third-order valence-electron chi connectivity index (χ3n) is 4.35. The Labute approximate surface area is 126 Å². The number of hydrogen-bond donors (Lipinski definition) is 1. The Hall–Kier alpha value is -1.65. The minimum absolute atomic E-state index is 0.260. The number of aliphatic hydroxyl groups is 1. The second-order valence-electron chi connectivity index (χ2n) is 5.67. The Morgan fingerprint density at radius 2 is 2.19 bits per heavy atom. The normalized spacial score (nSPS) is 17.3. The van der Waals surface area contributed by atoms with Gasteiger partial charge in [-0.1, -0.05) is 24.3 Å². The van der Waals surface area contributed by atoms with Crippen LogP contribution >= 0.6 is 0 Å². The Morgan fingerprint density at radius 1 is 1.29 bits per heavy atom. The van der Waals surface area contributed by atoms with Crippen LogP contribution in [0.3, 0.4) is 0 Å². The number of aliphatic hydroxyl groups excluding tert-OH is 1. The number of hydrogen-bond acceptors (Lipinski definition) is 3. The van der Waals surface area contributed by atoms with Crippen molar-refractivity contribution in [2.45, 2.75) is 31.8 Å². The first-order valence-electron chi connectivity index (χ1n) is 7.77. The second-order valence-corrected chi connectivity index (χ2v) is 5.67. The van der Waals surface area contributed by atoms with E-state index in [1.807, 2.05) is 18.7 Å². The van der Waals surface area contributed by atoms with Crippen molar-refractivity contribution in [1.82, 2.24) is 14.5 Å². The third kappa shape index (κ3) is 3.34. The maximum Gasteiger partial charge on any atom is 0.0946 e. The fourth-order valence-corrected chi connectivity index (χ4v) is 3.27. The number of fused-ring (bicyclic) bond motifs is 1. The van der Waals surface area contributed by atoms with Crippen molar-refractivity contribution in [3.63, 3.8) is 0 Å². The largest absolute Gasteiger partial charge is 0.396 e. The van der Waals surface area contributed by atoms with E-state index in [0.29, 0.717) is 6.04 Å². The summed E-state index contributed by atoms with van der Waals surface area (Å²) in [7, 11) is 0. The number of benzene rings is 1. The van der Waals surface area contributed by atoms with E-state index in [2.05, 4.69) is 38.7 Å². The zero-order valence-electron chi connectivity index (χ0n) is 12.4. The summed E-state index contributed by atoms with van der Waals surface area (Å²) in [6.45, 7) is 3.15. The van der Waals surface area contributed by atoms with E-state index >= 15 is 0 Å². The van der Waals surface area contributed by atoms with Gasteiger partial charge in [0.25, 0.3) is 0 Å². The van der Waals surface area contributed by atoms with Crippen LogP contribution in [0.5, 0.6) is 0 Å². The maximum atomic E-state index is 9.16. The Morgan fingerprint density at radius 3 is 3.00 bits per heavy atom. The van der Waals surface area contributed by atoms with Crippen LogP contribution in [0.2, 0.25) is 0 Å². The van der Waals surface area contributed by atoms with Crippen molar-refractivity contribution >= 4 is 0 Å². The fraction of sp³-hybridized carbons (Fsp3) is 0.471. The highest BCUT2D eigenvalue weighted by Crippen LogP contribution is 2.35. The van der Waals surface area contributed by atoms with Gasteiger partial charge in [0.15, 0.2) is 0 Å². The molecule has 0 saturated heterocycles. The van der Waals surface area contributed by atoms with Crippen LogP contribution in [0.15, 0.2) is 43.0 Å². The average Bonchev–Trinajstić information content (AvgIpc) is 3.17. The summed E-state index contributed by atoms with van der Waals surface area (Å²) in [5.74, 6) is 0. The standard InChI is InChI=1S/C17H23N3O/c21-13-3-9-20(12-11-19-10-8-18-14-19)17-7-6-15-4-1-2-5-16(15)17/h1-2,4-5,8,10,14,17,21H,3,6-7,9,11-13H2. The van der Waals surface area contributed by atoms with Crippen LogP contribution in [-0.4, -0.2) is 39.3 Å². The van der Waals surface area contributed by atoms with Crippen LogP contribution in [-0.2, 0) is 13.0 Å². The topological polar surface area (TPSA) is 41.3 Å². The van der Waals surface area contributed by atoms with E-state index in [-0.39, 0.29) is 6.61 Å². The van der Waals surface area contributed by atoms with Gasteiger partial charge in [0.05, 0.1) is 6.33 Å². The van der Waals surface area contributed by atoms with Crippen LogP contribution in [0, 0.1) is 0 Å². The molecule has 1 heterocycles. The molecule has 21 heavy (non-hydrogen) atoms. The molecule has 0 saturated carbocycles. The molecule has 0 aliphatic heterocycles. The van der Waals surface area contributed by atoms with Crippen molar-refractivity contribution in [2.24, 2.45) is 0 Å². The SMILES string of the molecule is OCCCN(CCn1ccnc1)C1CCc2ccccc21. The van der Waals surface area contributed by atoms with E-state index < -0.39 is 0 Å². The van der Waals surface area contributed by atoms with Gasteiger partial charge in [0.2, 0.25) is 0 Å². The molecule has 1 aliphatic carbocycles. The molecule has 1 aromatic carbocycles. The van der Waals surface area contributed by atoms with Gasteiger partial charge in [-0.3, -0.25) is 4.90 Å². The lowest BCUT2D eigenvalue weighted by atomic mass is 10.1. The van der Waals surface area contributed by atoms with Gasteiger partial charge in [-0.25, -0.2) is 4.98 Å². The second kappa shape index (κ2) is 6.87. The molecule has 0 bridgehead atoms. The van der Waals surface area contributed by atoms with Gasteiger partial charge in [0, 0.05) is 44.7 Å². The molecule has 0 spiro atoms. The molecule has 1 N–H and O–H groups in total. The molecule has 0 amide bonds. The first-order valence-corrected chi connectivity index (χ1v) is 7.77. The molecule has 4 heteroatoms. The van der Waals surface area contributed by atoms with Crippen molar-refractivity contribution in [3.05, 3.63) is 54.1 Å². The molecule has 112 valence electrons. The van der Waals surface area contributed by atoms with Gasteiger partial charge in [-0.2, -0.15) is 0 Å². The average molecular weight is 285 g/mol. The Kier molecular flexibility index (Phi) is 4.68. The third-order valence-corrected chi connectivity index (χ3v) is 4.35. The summed E-state index contributed by atoms with van der Waals surface area (Å²) in [6.07, 6.45) is 8.89. The highest BCUT2D eigenvalue weighted by Gasteiger charge is 2.26. The fourth-order valence-electron chi connectivity index (χ4n) is 3.27. The first-order chi connectivity index (χ1) is 10.4. The number of rotatable bonds is 7. The van der Waals surface area contributed by atoms with Gasteiger partial charge in [-0.15, -0.1) is 0 Å². The summed E-state index contributed by atoms with van der Waals surface area (Å²) in [4.78, 5) is 6.62. The molecule has 1 aliphatic rings. The predicted molar refractivity (Wildman–Crippen MR) is 83.0 cm³/mol. The highest BCUT2D eigenvalue weighted by molar-refractivity contribution is 5.34. The number of imidazole rings is 1. The number of nitrogens with zero attached hydrogens (tertiary/aromatic N) is 3. The van der Waals surface area contributed by atoms with Crippen LogP contribution in [0.4, 0.5) is 0 Å². The first kappa shape index (κ1) is 14.3. The zero-order valence-corrected chi connectivity index (χ0v) is 12.4. The zero-order chi connectivity index (χ0) is 14.5. The van der Waals surface area contributed by atoms with Crippen LogP contribution in [0.25, 0.3) is 0 Å². The van der Waals surface area contributed by atoms with E-state index in [4.69, 9.17) is 5.11 Å². The van der Waals surface area contributed by atoms with Gasteiger partial charge in [-0.05, 0) is 30.4 Å². The maximum absolute atomic E-state index is 9.16. The van der Waals surface area contributed by atoms with E-state index in [1.54, 1.807) is 0 Å². The molecular weight excluding hydrogens is 262 g/mol. The highest BCUT2D eigenvalue weighted by atomic mass is 16.3. The van der Waals surface area contributed by atoms with Crippen molar-refractivity contribution < 1.29 is 5.11 Å². The summed E-state index contributed by atoms with van der Waals surface area (Å²) in [6, 6.07) is 9.27. The van der Waals surface area contributed by atoms with Gasteiger partial charge in [0.1, 0.15) is 0 Å². The molecule has 3 rings (SSSR count). The number of aryl methyl sites for hydroxylation is 1. The van der Waals surface area contributed by atoms with Gasteiger partial charge < -0.3 is 9.67 Å². The van der Waals surface area contributed by atoms with Crippen molar-refractivity contribution in [2.75, 3.05) is 19.7 Å². The smallest absolute Gasteiger partial charge is 0.0946 e. The predicted octanol–water partition coefficient (Wildman–Crippen LogP) is 2.25. The summed E-state index contributed by atoms with van der Waals surface area (Å²) in [5, 5.41) is 9.16. The molecule has 0 fully saturated rings. The Balaban J connectivity index is 1.70. The minimum atomic E-state index is 0.260. The van der Waals surface area contributed by atoms with Crippen LogP contribution in [0.1, 0.15) is 30.0 Å². The molecular formula is C17H23N3O. The number of aromatic nitrogens is 2. The van der Waals surface area contributed by atoms with Crippen molar-refractivity contribution in [3.8, 4) is 0 Å². The molecule has 1 aromatic heterocycles. The van der Waals surface area contributed by atoms with Crippen LogP contribution < -0.4 is 0 Å². The molecule has 2 aromatic rings. The lowest BCUT2D eigenvalue weighted by molar-refractivity contribution is 0.167. The molecule has 1 unspecified atom stereocenters. The minimum Gasteiger partial charge on any atom is -0.396 e.